The zero-order valence-electron chi connectivity index (χ0n) is 27.2. The van der Waals surface area contributed by atoms with Gasteiger partial charge in [0, 0.05) is 70.9 Å². The number of carbonyl (C=O) groups excluding carboxylic acids is 2. The van der Waals surface area contributed by atoms with Gasteiger partial charge < -0.3 is 35.4 Å². The summed E-state index contributed by atoms with van der Waals surface area (Å²) in [6.45, 7) is 3.79. The van der Waals surface area contributed by atoms with Crippen LogP contribution in [0.5, 0.6) is 5.88 Å². The number of esters is 1. The third kappa shape index (κ3) is 9.56. The Bertz CT molecular complexity index is 1780. The van der Waals surface area contributed by atoms with Gasteiger partial charge in [0.1, 0.15) is 6.04 Å². The van der Waals surface area contributed by atoms with Gasteiger partial charge >= 0.3 is 5.97 Å². The molecule has 0 aliphatic carbocycles. The van der Waals surface area contributed by atoms with Gasteiger partial charge in [-0.2, -0.15) is 20.2 Å². The third-order valence-corrected chi connectivity index (χ3v) is 7.67. The molecule has 1 saturated heterocycles. The number of nitrogens with one attached hydrogen (secondary N) is 3. The van der Waals surface area contributed by atoms with Gasteiger partial charge in [0.25, 0.3) is 5.91 Å². The normalized spacial score (nSPS) is 13.6. The standard InChI is InChI=1S/C33H37N11O5/c1-48-17-12-37-31-40-32(42-33(41-31)39-26(30(47)49-2)19-22-6-8-23(20-34)9-7-22)38-25-5-3-4-24(18-25)21-43-13-15-44(16-14-43)29(46)27-28(45)36-11-10-35-27/h3-11,18,26H,12-17,19,21H2,1-2H3,(H,36,45)(H3,37,38,39,40,41,42)/t26-/m0/s1. The minimum atomic E-state index is -0.814. The van der Waals surface area contributed by atoms with Crippen LogP contribution in [-0.2, 0) is 27.2 Å². The number of rotatable bonds is 14. The van der Waals surface area contributed by atoms with Gasteiger partial charge in [-0.1, -0.05) is 24.3 Å². The van der Waals surface area contributed by atoms with Gasteiger partial charge in [-0.05, 0) is 35.4 Å². The molecule has 4 N–H and O–H groups in total. The number of methoxy groups -OCH3 is 2. The van der Waals surface area contributed by atoms with Crippen LogP contribution in [0.3, 0.4) is 0 Å². The first-order valence-corrected chi connectivity index (χ1v) is 15.5. The van der Waals surface area contributed by atoms with Crippen LogP contribution in [0.1, 0.15) is 27.2 Å². The Balaban J connectivity index is 1.26. The molecule has 16 heteroatoms. The van der Waals surface area contributed by atoms with Crippen molar-refractivity contribution >= 4 is 35.4 Å². The molecule has 0 bridgehead atoms. The molecule has 1 atom stereocenters. The van der Waals surface area contributed by atoms with E-state index < -0.39 is 12.0 Å². The first-order chi connectivity index (χ1) is 23.8. The molecule has 3 heterocycles. The molecule has 0 radical (unpaired) electrons. The van der Waals surface area contributed by atoms with Crippen LogP contribution < -0.4 is 16.0 Å². The molecule has 0 unspecified atom stereocenters. The van der Waals surface area contributed by atoms with Gasteiger partial charge in [0.2, 0.25) is 23.7 Å². The molecule has 1 aliphatic rings. The molecule has 0 spiro atoms. The van der Waals surface area contributed by atoms with Crippen molar-refractivity contribution in [3.8, 4) is 11.9 Å². The Morgan fingerprint density at radius 2 is 1.69 bits per heavy atom. The maximum absolute atomic E-state index is 12.8. The zero-order valence-corrected chi connectivity index (χ0v) is 27.2. The highest BCUT2D eigenvalue weighted by atomic mass is 16.5. The van der Waals surface area contributed by atoms with Crippen LogP contribution in [0, 0.1) is 11.3 Å². The second-order valence-electron chi connectivity index (χ2n) is 11.1. The highest BCUT2D eigenvalue weighted by Gasteiger charge is 2.26. The first kappa shape index (κ1) is 34.4. The molecule has 16 nitrogen and oxygen atoms in total. The fraction of sp³-hybridized carbons (Fsp3) is 0.333. The van der Waals surface area contributed by atoms with Crippen LogP contribution in [-0.4, -0.2) is 111 Å². The number of anilines is 4. The molecule has 4 aromatic rings. The summed E-state index contributed by atoms with van der Waals surface area (Å²) in [5.41, 5.74) is 3.07. The molecule has 254 valence electrons. The van der Waals surface area contributed by atoms with Gasteiger partial charge in [0.05, 0.1) is 25.3 Å². The van der Waals surface area contributed by atoms with E-state index in [1.165, 1.54) is 19.5 Å². The van der Waals surface area contributed by atoms with Crippen LogP contribution in [0.25, 0.3) is 0 Å². The first-order valence-electron chi connectivity index (χ1n) is 15.5. The van der Waals surface area contributed by atoms with Crippen molar-refractivity contribution in [2.45, 2.75) is 19.0 Å². The van der Waals surface area contributed by atoms with Gasteiger partial charge in [-0.3, -0.25) is 9.69 Å². The van der Waals surface area contributed by atoms with E-state index in [9.17, 15) is 14.7 Å². The maximum atomic E-state index is 12.8. The Labute approximate surface area is 283 Å². The summed E-state index contributed by atoms with van der Waals surface area (Å²) in [4.78, 5) is 50.7. The number of aromatic hydroxyl groups is 1. The molecule has 49 heavy (non-hydrogen) atoms. The van der Waals surface area contributed by atoms with E-state index in [0.717, 1.165) is 16.8 Å². The quantitative estimate of drug-likeness (QED) is 0.112. The number of hydrogen-bond acceptors (Lipinski definition) is 15. The number of piperazine rings is 1. The highest BCUT2D eigenvalue weighted by molar-refractivity contribution is 5.94. The van der Waals surface area contributed by atoms with E-state index in [-0.39, 0.29) is 41.7 Å². The van der Waals surface area contributed by atoms with E-state index in [1.54, 1.807) is 36.3 Å². The molecule has 1 aliphatic heterocycles. The number of benzene rings is 2. The van der Waals surface area contributed by atoms with Crippen molar-refractivity contribution in [1.82, 2.24) is 34.7 Å². The summed E-state index contributed by atoms with van der Waals surface area (Å²) in [5.74, 6) is -0.540. The lowest BCUT2D eigenvalue weighted by atomic mass is 10.0. The minimum Gasteiger partial charge on any atom is -0.492 e. The summed E-state index contributed by atoms with van der Waals surface area (Å²) in [7, 11) is 2.91. The average Bonchev–Trinajstić information content (AvgIpc) is 3.12. The number of aromatic nitrogens is 5. The summed E-state index contributed by atoms with van der Waals surface area (Å²) in [6, 6.07) is 16.1. The second-order valence-corrected chi connectivity index (χ2v) is 11.1. The van der Waals surface area contributed by atoms with E-state index >= 15 is 0 Å². The van der Waals surface area contributed by atoms with Crippen LogP contribution in [0.2, 0.25) is 0 Å². The van der Waals surface area contributed by atoms with Crippen molar-refractivity contribution in [2.75, 3.05) is 69.5 Å². The summed E-state index contributed by atoms with van der Waals surface area (Å²) in [6.07, 6.45) is 2.99. The minimum absolute atomic E-state index is 0.0458. The Kier molecular flexibility index (Phi) is 11.8. The number of ether oxygens (including phenoxy) is 2. The molecule has 2 aromatic carbocycles. The number of nitriles is 1. The third-order valence-electron chi connectivity index (χ3n) is 7.67. The largest absolute Gasteiger partial charge is 0.492 e. The fourth-order valence-electron chi connectivity index (χ4n) is 5.16. The number of hydrogen-bond donors (Lipinski definition) is 4. The summed E-state index contributed by atoms with van der Waals surface area (Å²) >= 11 is 0. The molecule has 2 aromatic heterocycles. The van der Waals surface area contributed by atoms with E-state index in [2.05, 4.69) is 51.8 Å². The molecular formula is C33H37N11O5. The Morgan fingerprint density at radius 3 is 2.41 bits per heavy atom. The van der Waals surface area contributed by atoms with E-state index in [0.29, 0.717) is 51.4 Å². The fourth-order valence-corrected chi connectivity index (χ4v) is 5.16. The van der Waals surface area contributed by atoms with Gasteiger partial charge in [-0.15, -0.1) is 0 Å². The van der Waals surface area contributed by atoms with Crippen molar-refractivity contribution in [3.05, 3.63) is 83.3 Å². The Morgan fingerprint density at radius 1 is 0.959 bits per heavy atom. The highest BCUT2D eigenvalue weighted by Crippen LogP contribution is 2.21. The number of nitrogens with zero attached hydrogens (tertiary/aromatic N) is 8. The summed E-state index contributed by atoms with van der Waals surface area (Å²) < 4.78 is 10.2. The van der Waals surface area contributed by atoms with Crippen LogP contribution >= 0.6 is 0 Å². The average molecular weight is 668 g/mol. The van der Waals surface area contributed by atoms with Crippen molar-refractivity contribution in [2.24, 2.45) is 0 Å². The SMILES string of the molecule is COCCNc1nc(Nc2cccc(CN3CCN(C(=O)c4nccnc4O)CC3)c2)nc(N[C@@H](Cc2ccc(C#N)cc2)C(=O)OC)n1. The van der Waals surface area contributed by atoms with Crippen molar-refractivity contribution in [1.29, 1.82) is 5.26 Å². The van der Waals surface area contributed by atoms with Gasteiger partial charge in [-0.25, -0.2) is 14.8 Å². The number of carbonyl (C=O) groups is 2. The predicted octanol–water partition coefficient (Wildman–Crippen LogP) is 2.19. The molecule has 1 fully saturated rings. The molecule has 1 amide bonds. The second kappa shape index (κ2) is 16.8. The molecule has 5 rings (SSSR count). The van der Waals surface area contributed by atoms with Crippen molar-refractivity contribution in [3.63, 3.8) is 0 Å². The predicted molar refractivity (Wildman–Crippen MR) is 179 cm³/mol. The lowest BCUT2D eigenvalue weighted by molar-refractivity contribution is -0.141. The summed E-state index contributed by atoms with van der Waals surface area (Å²) in [5, 5.41) is 28.5. The lowest BCUT2D eigenvalue weighted by Gasteiger charge is -2.34. The zero-order chi connectivity index (χ0) is 34.6. The van der Waals surface area contributed by atoms with E-state index in [4.69, 9.17) is 14.7 Å². The Hall–Kier alpha value is -5.92. The lowest BCUT2D eigenvalue weighted by Crippen LogP contribution is -2.48. The molecule has 0 saturated carbocycles. The van der Waals surface area contributed by atoms with Crippen LogP contribution in [0.15, 0.2) is 60.9 Å². The van der Waals surface area contributed by atoms with Crippen LogP contribution in [0.4, 0.5) is 23.5 Å². The number of amides is 1. The van der Waals surface area contributed by atoms with Crippen molar-refractivity contribution < 1.29 is 24.2 Å². The smallest absolute Gasteiger partial charge is 0.328 e. The van der Waals surface area contributed by atoms with E-state index in [1.807, 2.05) is 24.3 Å². The molecular weight excluding hydrogens is 630 g/mol. The maximum Gasteiger partial charge on any atom is 0.328 e. The monoisotopic (exact) mass is 667 g/mol. The topological polar surface area (TPSA) is 204 Å². The van der Waals surface area contributed by atoms with Gasteiger partial charge in [0.15, 0.2) is 5.69 Å².